The third-order valence-electron chi connectivity index (χ3n) is 2.70. The van der Waals surface area contributed by atoms with Crippen molar-refractivity contribution in [3.05, 3.63) is 33.3 Å². The fourth-order valence-electron chi connectivity index (χ4n) is 1.63. The van der Waals surface area contributed by atoms with Crippen molar-refractivity contribution in [2.45, 2.75) is 32.2 Å². The van der Waals surface area contributed by atoms with Gasteiger partial charge in [0.05, 0.1) is 10.6 Å². The Morgan fingerprint density at radius 2 is 2.28 bits per heavy atom. The molecule has 0 heterocycles. The summed E-state index contributed by atoms with van der Waals surface area (Å²) in [6, 6.07) is 5.22. The molecule has 1 aromatic rings. The highest BCUT2D eigenvalue weighted by Crippen LogP contribution is 2.21. The summed E-state index contributed by atoms with van der Waals surface area (Å²) in [6.45, 7) is 2.55. The van der Waals surface area contributed by atoms with Crippen molar-refractivity contribution in [3.8, 4) is 0 Å². The van der Waals surface area contributed by atoms with Crippen LogP contribution in [0.2, 0.25) is 5.02 Å². The average molecular weight is 334 g/mol. The Bertz CT molecular complexity index is 412. The van der Waals surface area contributed by atoms with Crippen LogP contribution in [0.15, 0.2) is 22.7 Å². The standard InChI is InChI=1S/C13H18BrClN2O/c1-2-3-4-10(8-16)17-13(18)11-7-9(14)5-6-12(11)15/h5-7,10H,2-4,8,16H2,1H3,(H,17,18). The molecule has 5 heteroatoms. The molecule has 1 rings (SSSR count). The number of unbranched alkanes of at least 4 members (excludes halogenated alkanes) is 1. The Morgan fingerprint density at radius 3 is 2.89 bits per heavy atom. The van der Waals surface area contributed by atoms with Crippen molar-refractivity contribution < 1.29 is 4.79 Å². The summed E-state index contributed by atoms with van der Waals surface area (Å²) in [5.41, 5.74) is 6.12. The number of amides is 1. The van der Waals surface area contributed by atoms with Crippen molar-refractivity contribution in [1.29, 1.82) is 0 Å². The second-order valence-corrected chi connectivity index (χ2v) is 5.50. The first-order valence-electron chi connectivity index (χ1n) is 6.04. The van der Waals surface area contributed by atoms with Gasteiger partial charge in [-0.15, -0.1) is 0 Å². The smallest absolute Gasteiger partial charge is 0.253 e. The van der Waals surface area contributed by atoms with E-state index in [9.17, 15) is 4.79 Å². The number of carbonyl (C=O) groups is 1. The van der Waals surface area contributed by atoms with Crippen molar-refractivity contribution in [3.63, 3.8) is 0 Å². The number of carbonyl (C=O) groups excluding carboxylic acids is 1. The molecule has 1 unspecified atom stereocenters. The van der Waals surface area contributed by atoms with Gasteiger partial charge in [-0.3, -0.25) is 4.79 Å². The quantitative estimate of drug-likeness (QED) is 0.839. The van der Waals surface area contributed by atoms with Crippen LogP contribution >= 0.6 is 27.5 Å². The van der Waals surface area contributed by atoms with Crippen LogP contribution < -0.4 is 11.1 Å². The Kier molecular flexibility index (Phi) is 6.68. The van der Waals surface area contributed by atoms with Crippen LogP contribution in [0.25, 0.3) is 0 Å². The van der Waals surface area contributed by atoms with Gasteiger partial charge in [-0.05, 0) is 24.6 Å². The maximum atomic E-state index is 12.1. The van der Waals surface area contributed by atoms with Crippen LogP contribution in [0.3, 0.4) is 0 Å². The maximum Gasteiger partial charge on any atom is 0.253 e. The molecule has 1 atom stereocenters. The van der Waals surface area contributed by atoms with E-state index in [2.05, 4.69) is 28.2 Å². The van der Waals surface area contributed by atoms with Crippen LogP contribution in [0, 0.1) is 0 Å². The van der Waals surface area contributed by atoms with E-state index in [4.69, 9.17) is 17.3 Å². The molecule has 0 bridgehead atoms. The largest absolute Gasteiger partial charge is 0.348 e. The normalized spacial score (nSPS) is 12.2. The maximum absolute atomic E-state index is 12.1. The first kappa shape index (κ1) is 15.5. The van der Waals surface area contributed by atoms with E-state index in [-0.39, 0.29) is 11.9 Å². The summed E-state index contributed by atoms with van der Waals surface area (Å²) in [7, 11) is 0. The van der Waals surface area contributed by atoms with Gasteiger partial charge in [0.25, 0.3) is 5.91 Å². The van der Waals surface area contributed by atoms with Crippen LogP contribution in [-0.2, 0) is 0 Å². The Hall–Kier alpha value is -0.580. The van der Waals surface area contributed by atoms with Crippen LogP contribution in [0.5, 0.6) is 0 Å². The fraction of sp³-hybridized carbons (Fsp3) is 0.462. The second-order valence-electron chi connectivity index (χ2n) is 4.17. The zero-order chi connectivity index (χ0) is 13.5. The number of hydrogen-bond acceptors (Lipinski definition) is 2. The molecule has 0 spiro atoms. The molecule has 3 N–H and O–H groups in total. The minimum atomic E-state index is -0.173. The van der Waals surface area contributed by atoms with E-state index < -0.39 is 0 Å². The molecule has 18 heavy (non-hydrogen) atoms. The molecule has 0 fully saturated rings. The van der Waals surface area contributed by atoms with Crippen molar-refractivity contribution in [2.75, 3.05) is 6.54 Å². The number of hydrogen-bond donors (Lipinski definition) is 2. The van der Waals surface area contributed by atoms with Crippen molar-refractivity contribution in [2.24, 2.45) is 5.73 Å². The lowest BCUT2D eigenvalue weighted by Gasteiger charge is -2.17. The SMILES string of the molecule is CCCCC(CN)NC(=O)c1cc(Br)ccc1Cl. The highest BCUT2D eigenvalue weighted by Gasteiger charge is 2.15. The first-order valence-corrected chi connectivity index (χ1v) is 7.21. The van der Waals surface area contributed by atoms with E-state index in [0.29, 0.717) is 17.1 Å². The topological polar surface area (TPSA) is 55.1 Å². The molecule has 0 aliphatic rings. The summed E-state index contributed by atoms with van der Waals surface area (Å²) in [6.07, 6.45) is 3.03. The molecule has 0 saturated carbocycles. The predicted octanol–water partition coefficient (Wildman–Crippen LogP) is 3.35. The summed E-state index contributed by atoms with van der Waals surface area (Å²) >= 11 is 9.34. The molecular formula is C13H18BrClN2O. The highest BCUT2D eigenvalue weighted by atomic mass is 79.9. The summed E-state index contributed by atoms with van der Waals surface area (Å²) < 4.78 is 0.829. The average Bonchev–Trinajstić information content (AvgIpc) is 2.37. The van der Waals surface area contributed by atoms with Crippen molar-refractivity contribution in [1.82, 2.24) is 5.32 Å². The van der Waals surface area contributed by atoms with Gasteiger partial charge >= 0.3 is 0 Å². The summed E-state index contributed by atoms with van der Waals surface area (Å²) in [5, 5.41) is 3.36. The van der Waals surface area contributed by atoms with Crippen molar-refractivity contribution >= 4 is 33.4 Å². The number of halogens is 2. The zero-order valence-corrected chi connectivity index (χ0v) is 12.7. The Morgan fingerprint density at radius 1 is 1.56 bits per heavy atom. The third-order valence-corrected chi connectivity index (χ3v) is 3.52. The Balaban J connectivity index is 2.71. The van der Waals surface area contributed by atoms with Gasteiger partial charge in [0.15, 0.2) is 0 Å². The molecule has 100 valence electrons. The third kappa shape index (κ3) is 4.59. The molecule has 1 aromatic carbocycles. The van der Waals surface area contributed by atoms with E-state index in [0.717, 1.165) is 23.7 Å². The zero-order valence-electron chi connectivity index (χ0n) is 10.4. The molecule has 0 aromatic heterocycles. The van der Waals surface area contributed by atoms with E-state index >= 15 is 0 Å². The molecule has 0 radical (unpaired) electrons. The van der Waals surface area contributed by atoms with Gasteiger partial charge in [-0.2, -0.15) is 0 Å². The van der Waals surface area contributed by atoms with Gasteiger partial charge in [-0.25, -0.2) is 0 Å². The molecule has 0 aliphatic carbocycles. The Labute approximate surface area is 121 Å². The van der Waals surface area contributed by atoms with Gasteiger partial charge in [0.1, 0.15) is 0 Å². The minimum Gasteiger partial charge on any atom is -0.348 e. The van der Waals surface area contributed by atoms with Crippen LogP contribution in [-0.4, -0.2) is 18.5 Å². The lowest BCUT2D eigenvalue weighted by Crippen LogP contribution is -2.40. The predicted molar refractivity (Wildman–Crippen MR) is 79.0 cm³/mol. The lowest BCUT2D eigenvalue weighted by atomic mass is 10.1. The lowest BCUT2D eigenvalue weighted by molar-refractivity contribution is 0.0936. The van der Waals surface area contributed by atoms with Gasteiger partial charge < -0.3 is 11.1 Å². The minimum absolute atomic E-state index is 0.00694. The number of nitrogens with two attached hydrogens (primary N) is 1. The van der Waals surface area contributed by atoms with Gasteiger partial charge in [0.2, 0.25) is 0 Å². The molecule has 0 aliphatic heterocycles. The highest BCUT2D eigenvalue weighted by molar-refractivity contribution is 9.10. The summed E-state index contributed by atoms with van der Waals surface area (Å²) in [5.74, 6) is -0.173. The van der Waals surface area contributed by atoms with E-state index in [1.54, 1.807) is 18.2 Å². The monoisotopic (exact) mass is 332 g/mol. The number of nitrogens with one attached hydrogen (secondary N) is 1. The molecule has 1 amide bonds. The fourth-order valence-corrected chi connectivity index (χ4v) is 2.20. The second kappa shape index (κ2) is 7.77. The van der Waals surface area contributed by atoms with Crippen LogP contribution in [0.4, 0.5) is 0 Å². The number of rotatable bonds is 6. The van der Waals surface area contributed by atoms with Gasteiger partial charge in [-0.1, -0.05) is 47.3 Å². The molecular weight excluding hydrogens is 316 g/mol. The molecule has 3 nitrogen and oxygen atoms in total. The molecule has 0 saturated heterocycles. The number of benzene rings is 1. The van der Waals surface area contributed by atoms with Gasteiger partial charge in [0, 0.05) is 17.1 Å². The first-order chi connectivity index (χ1) is 8.58. The summed E-state index contributed by atoms with van der Waals surface area (Å²) in [4.78, 5) is 12.1. The van der Waals surface area contributed by atoms with E-state index in [1.807, 2.05) is 0 Å². The van der Waals surface area contributed by atoms with Crippen LogP contribution in [0.1, 0.15) is 36.5 Å². The van der Waals surface area contributed by atoms with E-state index in [1.165, 1.54) is 0 Å².